The van der Waals surface area contributed by atoms with Gasteiger partial charge in [-0.3, -0.25) is 4.79 Å². The standard InChI is InChI=1S/C14H14ClNO2S/c1-18-11-3-4-13(12(15)8-11)16-14(17)5-2-10-6-7-19-9-10/h3-4,6-9H,2,5H2,1H3,(H,16,17). The molecule has 0 spiro atoms. The first kappa shape index (κ1) is 13.9. The van der Waals surface area contributed by atoms with Crippen LogP contribution in [-0.2, 0) is 11.2 Å². The predicted molar refractivity (Wildman–Crippen MR) is 79.3 cm³/mol. The van der Waals surface area contributed by atoms with Crippen LogP contribution in [0.3, 0.4) is 0 Å². The summed E-state index contributed by atoms with van der Waals surface area (Å²) in [5.74, 6) is 0.625. The van der Waals surface area contributed by atoms with Gasteiger partial charge >= 0.3 is 0 Å². The summed E-state index contributed by atoms with van der Waals surface area (Å²) in [6, 6.07) is 7.21. The van der Waals surface area contributed by atoms with Crippen molar-refractivity contribution in [3.8, 4) is 5.75 Å². The molecule has 0 fully saturated rings. The van der Waals surface area contributed by atoms with Gasteiger partial charge in [0.05, 0.1) is 17.8 Å². The highest BCUT2D eigenvalue weighted by molar-refractivity contribution is 7.07. The molecule has 2 aromatic rings. The van der Waals surface area contributed by atoms with Crippen LogP contribution in [-0.4, -0.2) is 13.0 Å². The van der Waals surface area contributed by atoms with E-state index >= 15 is 0 Å². The van der Waals surface area contributed by atoms with E-state index in [2.05, 4.69) is 5.32 Å². The smallest absolute Gasteiger partial charge is 0.224 e. The van der Waals surface area contributed by atoms with Crippen molar-refractivity contribution >= 4 is 34.5 Å². The number of carbonyl (C=O) groups excluding carboxylic acids is 1. The molecule has 0 aliphatic rings. The van der Waals surface area contributed by atoms with E-state index in [-0.39, 0.29) is 5.91 Å². The Morgan fingerprint density at radius 2 is 2.26 bits per heavy atom. The Labute approximate surface area is 121 Å². The molecule has 0 unspecified atom stereocenters. The lowest BCUT2D eigenvalue weighted by Crippen LogP contribution is -2.12. The van der Waals surface area contributed by atoms with Crippen molar-refractivity contribution in [1.82, 2.24) is 0 Å². The third-order valence-electron chi connectivity index (χ3n) is 2.67. The third kappa shape index (κ3) is 3.98. The Hall–Kier alpha value is -1.52. The molecule has 0 saturated carbocycles. The van der Waals surface area contributed by atoms with Gasteiger partial charge in [0.2, 0.25) is 5.91 Å². The molecular weight excluding hydrogens is 282 g/mol. The Morgan fingerprint density at radius 3 is 2.89 bits per heavy atom. The van der Waals surface area contributed by atoms with Crippen molar-refractivity contribution in [1.29, 1.82) is 0 Å². The second-order valence-corrected chi connectivity index (χ2v) is 5.21. The summed E-state index contributed by atoms with van der Waals surface area (Å²) in [5.41, 5.74) is 1.79. The minimum absolute atomic E-state index is 0.0433. The number of halogens is 1. The molecule has 3 nitrogen and oxygen atoms in total. The molecule has 100 valence electrons. The topological polar surface area (TPSA) is 38.3 Å². The van der Waals surface area contributed by atoms with Crippen molar-refractivity contribution in [3.05, 3.63) is 45.6 Å². The molecule has 0 aliphatic carbocycles. The lowest BCUT2D eigenvalue weighted by Gasteiger charge is -2.08. The Balaban J connectivity index is 1.91. The molecular formula is C14H14ClNO2S. The second kappa shape index (κ2) is 6.59. The summed E-state index contributed by atoms with van der Waals surface area (Å²) < 4.78 is 5.06. The quantitative estimate of drug-likeness (QED) is 0.906. The van der Waals surface area contributed by atoms with Gasteiger partial charge in [-0.05, 0) is 40.9 Å². The first-order chi connectivity index (χ1) is 9.19. The number of anilines is 1. The van der Waals surface area contributed by atoms with Gasteiger partial charge < -0.3 is 10.1 Å². The van der Waals surface area contributed by atoms with Gasteiger partial charge in [0.25, 0.3) is 0 Å². The fourth-order valence-corrected chi connectivity index (χ4v) is 2.55. The molecule has 5 heteroatoms. The number of methoxy groups -OCH3 is 1. The number of ether oxygens (including phenoxy) is 1. The first-order valence-electron chi connectivity index (χ1n) is 5.83. The summed E-state index contributed by atoms with van der Waals surface area (Å²) in [4.78, 5) is 11.8. The van der Waals surface area contributed by atoms with Crippen molar-refractivity contribution < 1.29 is 9.53 Å². The number of rotatable bonds is 5. The zero-order valence-corrected chi connectivity index (χ0v) is 12.1. The maximum absolute atomic E-state index is 11.8. The van der Waals surface area contributed by atoms with E-state index in [1.54, 1.807) is 36.6 Å². The van der Waals surface area contributed by atoms with Gasteiger partial charge in [-0.1, -0.05) is 11.6 Å². The fraction of sp³-hybridized carbons (Fsp3) is 0.214. The van der Waals surface area contributed by atoms with Crippen molar-refractivity contribution in [2.45, 2.75) is 12.8 Å². The SMILES string of the molecule is COc1ccc(NC(=O)CCc2ccsc2)c(Cl)c1. The van der Waals surface area contributed by atoms with Crippen molar-refractivity contribution in [3.63, 3.8) is 0 Å². The highest BCUT2D eigenvalue weighted by atomic mass is 35.5. The van der Waals surface area contributed by atoms with Crippen LogP contribution in [0.25, 0.3) is 0 Å². The number of amides is 1. The monoisotopic (exact) mass is 295 g/mol. The maximum atomic E-state index is 11.8. The highest BCUT2D eigenvalue weighted by Gasteiger charge is 2.07. The Kier molecular flexibility index (Phi) is 4.82. The summed E-state index contributed by atoms with van der Waals surface area (Å²) >= 11 is 7.69. The zero-order valence-electron chi connectivity index (χ0n) is 10.5. The van der Waals surface area contributed by atoms with Gasteiger partial charge in [-0.25, -0.2) is 0 Å². The van der Waals surface area contributed by atoms with Gasteiger partial charge in [-0.2, -0.15) is 11.3 Å². The summed E-state index contributed by atoms with van der Waals surface area (Å²) in [6.45, 7) is 0. The molecule has 0 bridgehead atoms. The summed E-state index contributed by atoms with van der Waals surface area (Å²) in [7, 11) is 1.57. The summed E-state index contributed by atoms with van der Waals surface area (Å²) in [6.07, 6.45) is 1.18. The number of benzene rings is 1. The minimum Gasteiger partial charge on any atom is -0.497 e. The lowest BCUT2D eigenvalue weighted by molar-refractivity contribution is -0.116. The number of aryl methyl sites for hydroxylation is 1. The van der Waals surface area contributed by atoms with Crippen LogP contribution in [0.4, 0.5) is 5.69 Å². The van der Waals surface area contributed by atoms with Gasteiger partial charge in [-0.15, -0.1) is 0 Å². The van der Waals surface area contributed by atoms with Crippen molar-refractivity contribution in [2.75, 3.05) is 12.4 Å². The molecule has 0 saturated heterocycles. The van der Waals surface area contributed by atoms with Gasteiger partial charge in [0.15, 0.2) is 0 Å². The fourth-order valence-electron chi connectivity index (χ4n) is 1.63. The molecule has 0 aliphatic heterocycles. The second-order valence-electron chi connectivity index (χ2n) is 4.03. The normalized spacial score (nSPS) is 10.2. The largest absolute Gasteiger partial charge is 0.497 e. The van der Waals surface area contributed by atoms with E-state index < -0.39 is 0 Å². The van der Waals surface area contributed by atoms with Crippen LogP contribution >= 0.6 is 22.9 Å². The molecule has 19 heavy (non-hydrogen) atoms. The molecule has 1 aromatic heterocycles. The van der Waals surface area contributed by atoms with Crippen LogP contribution in [0.1, 0.15) is 12.0 Å². The van der Waals surface area contributed by atoms with E-state index in [4.69, 9.17) is 16.3 Å². The maximum Gasteiger partial charge on any atom is 0.224 e. The third-order valence-corrected chi connectivity index (χ3v) is 3.72. The Bertz CT molecular complexity index is 555. The number of nitrogens with one attached hydrogen (secondary N) is 1. The Morgan fingerprint density at radius 1 is 1.42 bits per heavy atom. The van der Waals surface area contributed by atoms with Crippen LogP contribution in [0, 0.1) is 0 Å². The molecule has 1 aromatic carbocycles. The number of thiophene rings is 1. The zero-order chi connectivity index (χ0) is 13.7. The molecule has 1 heterocycles. The summed E-state index contributed by atoms with van der Waals surface area (Å²) in [5, 5.41) is 7.33. The van der Waals surface area contributed by atoms with Crippen LogP contribution in [0.5, 0.6) is 5.75 Å². The number of hydrogen-bond acceptors (Lipinski definition) is 3. The predicted octanol–water partition coefficient (Wildman–Crippen LogP) is 3.98. The molecule has 2 rings (SSSR count). The number of hydrogen-bond donors (Lipinski definition) is 1. The lowest BCUT2D eigenvalue weighted by atomic mass is 10.2. The average Bonchev–Trinajstić information content (AvgIpc) is 2.92. The van der Waals surface area contributed by atoms with Gasteiger partial charge in [0.1, 0.15) is 5.75 Å². The first-order valence-corrected chi connectivity index (χ1v) is 7.15. The highest BCUT2D eigenvalue weighted by Crippen LogP contribution is 2.26. The minimum atomic E-state index is -0.0433. The van der Waals surface area contributed by atoms with E-state index in [1.807, 2.05) is 16.8 Å². The van der Waals surface area contributed by atoms with E-state index in [0.717, 1.165) is 6.42 Å². The van der Waals surface area contributed by atoms with Crippen molar-refractivity contribution in [2.24, 2.45) is 0 Å². The molecule has 1 N–H and O–H groups in total. The average molecular weight is 296 g/mol. The van der Waals surface area contributed by atoms with E-state index in [1.165, 1.54) is 5.56 Å². The van der Waals surface area contributed by atoms with E-state index in [9.17, 15) is 4.79 Å². The van der Waals surface area contributed by atoms with Gasteiger partial charge in [0, 0.05) is 12.5 Å². The molecule has 0 atom stereocenters. The van der Waals surface area contributed by atoms with E-state index in [0.29, 0.717) is 22.9 Å². The van der Waals surface area contributed by atoms with Crippen LogP contribution < -0.4 is 10.1 Å². The molecule has 0 radical (unpaired) electrons. The van der Waals surface area contributed by atoms with Crippen LogP contribution in [0.2, 0.25) is 5.02 Å². The van der Waals surface area contributed by atoms with Crippen LogP contribution in [0.15, 0.2) is 35.0 Å². The number of carbonyl (C=O) groups is 1. The molecule has 1 amide bonds.